The number of hydrogen-bond donors (Lipinski definition) is 2. The van der Waals surface area contributed by atoms with Crippen LogP contribution < -0.4 is 5.32 Å². The zero-order valence-electron chi connectivity index (χ0n) is 10.9. The lowest BCUT2D eigenvalue weighted by Crippen LogP contribution is -2.43. The molecule has 0 aliphatic rings. The van der Waals surface area contributed by atoms with E-state index in [2.05, 4.69) is 27.3 Å². The van der Waals surface area contributed by atoms with E-state index < -0.39 is 5.60 Å². The second-order valence-electron chi connectivity index (χ2n) is 4.89. The highest BCUT2D eigenvalue weighted by molar-refractivity contribution is 9.10. The van der Waals surface area contributed by atoms with Crippen LogP contribution in [0.4, 0.5) is 5.69 Å². The summed E-state index contributed by atoms with van der Waals surface area (Å²) >= 11 is 3.40. The lowest BCUT2D eigenvalue weighted by atomic mass is 10.1. The van der Waals surface area contributed by atoms with Crippen molar-refractivity contribution >= 4 is 21.6 Å². The van der Waals surface area contributed by atoms with Gasteiger partial charge in [0, 0.05) is 23.2 Å². The first kappa shape index (κ1) is 15.0. The second-order valence-corrected chi connectivity index (χ2v) is 5.75. The summed E-state index contributed by atoms with van der Waals surface area (Å²) in [6.45, 7) is 2.81. The minimum absolute atomic E-state index is 0.440. The maximum absolute atomic E-state index is 10.2. The molecule has 0 saturated heterocycles. The summed E-state index contributed by atoms with van der Waals surface area (Å²) < 4.78 is 0.821. The number of aliphatic hydroxyl groups is 1. The number of rotatable bonds is 5. The molecule has 1 unspecified atom stereocenters. The highest BCUT2D eigenvalue weighted by Crippen LogP contribution is 2.24. The summed E-state index contributed by atoms with van der Waals surface area (Å²) in [6, 6.07) is 7.40. The van der Waals surface area contributed by atoms with Crippen molar-refractivity contribution in [2.24, 2.45) is 0 Å². The van der Waals surface area contributed by atoms with Crippen LogP contribution in [0.2, 0.25) is 0 Å². The molecule has 18 heavy (non-hydrogen) atoms. The van der Waals surface area contributed by atoms with Crippen molar-refractivity contribution in [1.82, 2.24) is 4.90 Å². The molecule has 0 bridgehead atoms. The summed E-state index contributed by atoms with van der Waals surface area (Å²) in [6.07, 6.45) is 0. The van der Waals surface area contributed by atoms with E-state index in [0.29, 0.717) is 18.7 Å². The predicted molar refractivity (Wildman–Crippen MR) is 76.5 cm³/mol. The van der Waals surface area contributed by atoms with Crippen LogP contribution in [0.5, 0.6) is 0 Å². The summed E-state index contributed by atoms with van der Waals surface area (Å²) in [5, 5.41) is 22.1. The minimum Gasteiger partial charge on any atom is -0.387 e. The third-order valence-electron chi connectivity index (χ3n) is 2.41. The maximum atomic E-state index is 10.2. The van der Waals surface area contributed by atoms with Crippen LogP contribution in [0, 0.1) is 11.3 Å². The van der Waals surface area contributed by atoms with Gasteiger partial charge in [-0.2, -0.15) is 5.26 Å². The van der Waals surface area contributed by atoms with Gasteiger partial charge in [-0.15, -0.1) is 0 Å². The van der Waals surface area contributed by atoms with Crippen LogP contribution in [-0.2, 0) is 0 Å². The van der Waals surface area contributed by atoms with E-state index in [1.807, 2.05) is 25.1 Å². The highest BCUT2D eigenvalue weighted by atomic mass is 79.9. The Bertz CT molecular complexity index is 452. The molecular weight excluding hydrogens is 294 g/mol. The van der Waals surface area contributed by atoms with Gasteiger partial charge >= 0.3 is 0 Å². The molecule has 0 saturated carbocycles. The highest BCUT2D eigenvalue weighted by Gasteiger charge is 2.21. The fraction of sp³-hybridized carbons (Fsp3) is 0.462. The number of nitriles is 1. The normalized spacial score (nSPS) is 14.1. The molecule has 5 heteroatoms. The van der Waals surface area contributed by atoms with Gasteiger partial charge < -0.3 is 15.3 Å². The first-order chi connectivity index (χ1) is 8.34. The maximum Gasteiger partial charge on any atom is 0.0992 e. The molecule has 1 rings (SSSR count). The lowest BCUT2D eigenvalue weighted by Gasteiger charge is -2.27. The van der Waals surface area contributed by atoms with Crippen molar-refractivity contribution in [2.75, 3.05) is 32.5 Å². The molecule has 0 radical (unpaired) electrons. The average Bonchev–Trinajstić information content (AvgIpc) is 2.25. The smallest absolute Gasteiger partial charge is 0.0992 e. The van der Waals surface area contributed by atoms with Crippen LogP contribution in [-0.4, -0.2) is 42.8 Å². The number of nitrogens with one attached hydrogen (secondary N) is 1. The van der Waals surface area contributed by atoms with Crippen molar-refractivity contribution in [3.8, 4) is 6.07 Å². The molecule has 1 aromatic rings. The van der Waals surface area contributed by atoms with E-state index in [4.69, 9.17) is 5.26 Å². The van der Waals surface area contributed by atoms with Gasteiger partial charge in [-0.3, -0.25) is 0 Å². The lowest BCUT2D eigenvalue weighted by molar-refractivity contribution is 0.0460. The van der Waals surface area contributed by atoms with Crippen LogP contribution in [0.1, 0.15) is 12.5 Å². The molecular formula is C13H18BrN3O. The quantitative estimate of drug-likeness (QED) is 0.873. The number of likely N-dealkylation sites (N-methyl/N-ethyl adjacent to an activating group) is 1. The number of anilines is 1. The van der Waals surface area contributed by atoms with Gasteiger partial charge in [-0.25, -0.2) is 0 Å². The molecule has 0 amide bonds. The van der Waals surface area contributed by atoms with Crippen LogP contribution in [0.15, 0.2) is 22.7 Å². The predicted octanol–water partition coefficient (Wildman–Crippen LogP) is 2.05. The van der Waals surface area contributed by atoms with E-state index in [0.717, 1.165) is 10.2 Å². The molecule has 0 spiro atoms. The third-order valence-corrected chi connectivity index (χ3v) is 3.07. The number of halogens is 1. The van der Waals surface area contributed by atoms with Gasteiger partial charge in [0.25, 0.3) is 0 Å². The third kappa shape index (κ3) is 4.65. The molecule has 98 valence electrons. The average molecular weight is 312 g/mol. The van der Waals surface area contributed by atoms with Gasteiger partial charge in [0.1, 0.15) is 0 Å². The van der Waals surface area contributed by atoms with Gasteiger partial charge in [0.05, 0.1) is 17.2 Å². The Hall–Kier alpha value is -1.09. The second kappa shape index (κ2) is 6.19. The SMILES string of the molecule is CN(C)CC(C)(O)CNc1ccc(C#N)cc1Br. The first-order valence-electron chi connectivity index (χ1n) is 5.65. The van der Waals surface area contributed by atoms with Crippen LogP contribution >= 0.6 is 15.9 Å². The summed E-state index contributed by atoms with van der Waals surface area (Å²) in [5.41, 5.74) is 0.664. The number of hydrogen-bond acceptors (Lipinski definition) is 4. The molecule has 2 N–H and O–H groups in total. The molecule has 1 atom stereocenters. The van der Waals surface area contributed by atoms with Crippen LogP contribution in [0.25, 0.3) is 0 Å². The van der Waals surface area contributed by atoms with Gasteiger partial charge in [-0.05, 0) is 55.1 Å². The Morgan fingerprint density at radius 1 is 1.50 bits per heavy atom. The number of benzene rings is 1. The van der Waals surface area contributed by atoms with Crippen molar-refractivity contribution in [2.45, 2.75) is 12.5 Å². The molecule has 4 nitrogen and oxygen atoms in total. The molecule has 0 fully saturated rings. The zero-order valence-corrected chi connectivity index (χ0v) is 12.5. The Balaban J connectivity index is 2.67. The molecule has 0 aliphatic carbocycles. The van der Waals surface area contributed by atoms with E-state index in [1.165, 1.54) is 0 Å². The van der Waals surface area contributed by atoms with Gasteiger partial charge in [0.2, 0.25) is 0 Å². The topological polar surface area (TPSA) is 59.3 Å². The van der Waals surface area contributed by atoms with E-state index in [-0.39, 0.29) is 0 Å². The Labute approximate surface area is 116 Å². The molecule has 0 aromatic heterocycles. The molecule has 1 aromatic carbocycles. The van der Waals surface area contributed by atoms with Crippen molar-refractivity contribution < 1.29 is 5.11 Å². The van der Waals surface area contributed by atoms with E-state index in [9.17, 15) is 5.11 Å². The molecule has 0 heterocycles. The Kier molecular flexibility index (Phi) is 5.15. The fourth-order valence-electron chi connectivity index (χ4n) is 1.75. The largest absolute Gasteiger partial charge is 0.387 e. The standard InChI is InChI=1S/C13H18BrN3O/c1-13(18,9-17(2)3)8-16-12-5-4-10(7-15)6-11(12)14/h4-6,16,18H,8-9H2,1-3H3. The molecule has 0 aliphatic heterocycles. The summed E-state index contributed by atoms with van der Waals surface area (Å²) in [7, 11) is 3.85. The fourth-order valence-corrected chi connectivity index (χ4v) is 2.27. The monoisotopic (exact) mass is 311 g/mol. The van der Waals surface area contributed by atoms with E-state index >= 15 is 0 Å². The van der Waals surface area contributed by atoms with Gasteiger partial charge in [0.15, 0.2) is 0 Å². The van der Waals surface area contributed by atoms with Crippen molar-refractivity contribution in [3.05, 3.63) is 28.2 Å². The zero-order chi connectivity index (χ0) is 13.8. The van der Waals surface area contributed by atoms with Crippen LogP contribution in [0.3, 0.4) is 0 Å². The summed E-state index contributed by atoms with van der Waals surface area (Å²) in [5.74, 6) is 0. The van der Waals surface area contributed by atoms with Crippen molar-refractivity contribution in [1.29, 1.82) is 5.26 Å². The Morgan fingerprint density at radius 3 is 2.67 bits per heavy atom. The first-order valence-corrected chi connectivity index (χ1v) is 6.44. The minimum atomic E-state index is -0.809. The Morgan fingerprint density at radius 2 is 2.17 bits per heavy atom. The van der Waals surface area contributed by atoms with E-state index in [1.54, 1.807) is 19.1 Å². The van der Waals surface area contributed by atoms with Gasteiger partial charge in [-0.1, -0.05) is 0 Å². The number of nitrogens with zero attached hydrogens (tertiary/aromatic N) is 2. The van der Waals surface area contributed by atoms with Crippen molar-refractivity contribution in [3.63, 3.8) is 0 Å². The summed E-state index contributed by atoms with van der Waals surface area (Å²) in [4.78, 5) is 1.94.